The van der Waals surface area contributed by atoms with Crippen LogP contribution in [-0.2, 0) is 26.7 Å². The van der Waals surface area contributed by atoms with Crippen LogP contribution in [0.15, 0.2) is 12.4 Å². The normalized spacial score (nSPS) is 11.1. The van der Waals surface area contributed by atoms with Crippen LogP contribution >= 0.6 is 11.6 Å². The number of hydrogen-bond donors (Lipinski definition) is 1. The standard InChI is InChI=1S/C12H18ClN5/c1-4-18-11(12(13)9(2)16-18)7-14-5-10-6-15-17(3)8-10/h6,8,14H,4-5,7H2,1-3H3. The molecule has 0 unspecified atom stereocenters. The third kappa shape index (κ3) is 2.73. The molecule has 0 saturated carbocycles. The average Bonchev–Trinajstić information content (AvgIpc) is 2.87. The van der Waals surface area contributed by atoms with Crippen LogP contribution in [-0.4, -0.2) is 19.6 Å². The van der Waals surface area contributed by atoms with Crippen molar-refractivity contribution in [2.45, 2.75) is 33.5 Å². The van der Waals surface area contributed by atoms with Crippen molar-refractivity contribution >= 4 is 11.6 Å². The molecule has 0 aromatic carbocycles. The van der Waals surface area contributed by atoms with Crippen LogP contribution < -0.4 is 5.32 Å². The van der Waals surface area contributed by atoms with Crippen molar-refractivity contribution in [2.75, 3.05) is 0 Å². The highest BCUT2D eigenvalue weighted by Gasteiger charge is 2.11. The fourth-order valence-electron chi connectivity index (χ4n) is 1.93. The zero-order valence-corrected chi connectivity index (χ0v) is 11.7. The molecular weight excluding hydrogens is 250 g/mol. The summed E-state index contributed by atoms with van der Waals surface area (Å²) in [6.45, 7) is 6.31. The summed E-state index contributed by atoms with van der Waals surface area (Å²) in [5.41, 5.74) is 3.09. The largest absolute Gasteiger partial charge is 0.307 e. The van der Waals surface area contributed by atoms with Gasteiger partial charge in [0.2, 0.25) is 0 Å². The summed E-state index contributed by atoms with van der Waals surface area (Å²) >= 11 is 6.24. The van der Waals surface area contributed by atoms with E-state index < -0.39 is 0 Å². The Hall–Kier alpha value is -1.33. The Morgan fingerprint density at radius 2 is 2.17 bits per heavy atom. The topological polar surface area (TPSA) is 47.7 Å². The first-order valence-electron chi connectivity index (χ1n) is 6.01. The SMILES string of the molecule is CCn1nc(C)c(Cl)c1CNCc1cnn(C)c1. The quantitative estimate of drug-likeness (QED) is 0.900. The summed E-state index contributed by atoms with van der Waals surface area (Å²) in [6.07, 6.45) is 3.86. The summed E-state index contributed by atoms with van der Waals surface area (Å²) < 4.78 is 3.73. The first-order chi connectivity index (χ1) is 8.61. The smallest absolute Gasteiger partial charge is 0.0860 e. The van der Waals surface area contributed by atoms with Crippen LogP contribution in [0, 0.1) is 6.92 Å². The number of aryl methyl sites for hydroxylation is 3. The van der Waals surface area contributed by atoms with Gasteiger partial charge in [0.15, 0.2) is 0 Å². The monoisotopic (exact) mass is 267 g/mol. The van der Waals surface area contributed by atoms with E-state index in [0.717, 1.165) is 35.1 Å². The number of hydrogen-bond acceptors (Lipinski definition) is 3. The van der Waals surface area contributed by atoms with Crippen molar-refractivity contribution in [3.05, 3.63) is 34.4 Å². The fraction of sp³-hybridized carbons (Fsp3) is 0.500. The van der Waals surface area contributed by atoms with Crippen LogP contribution in [0.2, 0.25) is 5.02 Å². The molecule has 1 N–H and O–H groups in total. The maximum absolute atomic E-state index is 6.24. The molecule has 0 radical (unpaired) electrons. The molecule has 0 aliphatic carbocycles. The van der Waals surface area contributed by atoms with Gasteiger partial charge in [0.05, 0.1) is 22.6 Å². The lowest BCUT2D eigenvalue weighted by Gasteiger charge is -2.06. The van der Waals surface area contributed by atoms with E-state index in [2.05, 4.69) is 22.4 Å². The zero-order chi connectivity index (χ0) is 13.1. The highest BCUT2D eigenvalue weighted by atomic mass is 35.5. The van der Waals surface area contributed by atoms with E-state index in [0.29, 0.717) is 6.54 Å². The molecule has 0 saturated heterocycles. The second-order valence-electron chi connectivity index (χ2n) is 4.29. The number of rotatable bonds is 5. The van der Waals surface area contributed by atoms with Gasteiger partial charge in [-0.15, -0.1) is 0 Å². The molecular formula is C12H18ClN5. The van der Waals surface area contributed by atoms with E-state index >= 15 is 0 Å². The number of halogens is 1. The molecule has 0 spiro atoms. The van der Waals surface area contributed by atoms with E-state index in [1.807, 2.05) is 31.0 Å². The average molecular weight is 268 g/mol. The summed E-state index contributed by atoms with van der Waals surface area (Å²) in [5.74, 6) is 0. The van der Waals surface area contributed by atoms with E-state index in [1.54, 1.807) is 4.68 Å². The first-order valence-corrected chi connectivity index (χ1v) is 6.39. The number of nitrogens with zero attached hydrogens (tertiary/aromatic N) is 4. The van der Waals surface area contributed by atoms with E-state index in [4.69, 9.17) is 11.6 Å². The summed E-state index contributed by atoms with van der Waals surface area (Å²) in [6, 6.07) is 0. The summed E-state index contributed by atoms with van der Waals surface area (Å²) in [4.78, 5) is 0. The molecule has 2 aromatic rings. The predicted octanol–water partition coefficient (Wildman–Crippen LogP) is 1.89. The summed E-state index contributed by atoms with van der Waals surface area (Å²) in [5, 5.41) is 12.6. The Morgan fingerprint density at radius 1 is 1.39 bits per heavy atom. The predicted molar refractivity (Wildman–Crippen MR) is 71.4 cm³/mol. The molecule has 18 heavy (non-hydrogen) atoms. The molecule has 0 aliphatic rings. The van der Waals surface area contributed by atoms with Gasteiger partial charge in [0.25, 0.3) is 0 Å². The van der Waals surface area contributed by atoms with Crippen LogP contribution in [0.5, 0.6) is 0 Å². The minimum absolute atomic E-state index is 0.711. The van der Waals surface area contributed by atoms with Crippen molar-refractivity contribution < 1.29 is 0 Å². The van der Waals surface area contributed by atoms with Gasteiger partial charge in [0.1, 0.15) is 0 Å². The van der Waals surface area contributed by atoms with E-state index in [-0.39, 0.29) is 0 Å². The third-order valence-electron chi connectivity index (χ3n) is 2.83. The van der Waals surface area contributed by atoms with Crippen molar-refractivity contribution in [1.82, 2.24) is 24.9 Å². The highest BCUT2D eigenvalue weighted by Crippen LogP contribution is 2.19. The van der Waals surface area contributed by atoms with Gasteiger partial charge in [-0.2, -0.15) is 10.2 Å². The Morgan fingerprint density at radius 3 is 2.78 bits per heavy atom. The maximum Gasteiger partial charge on any atom is 0.0860 e. The fourth-order valence-corrected chi connectivity index (χ4v) is 2.13. The maximum atomic E-state index is 6.24. The second kappa shape index (κ2) is 5.54. The van der Waals surface area contributed by atoms with Crippen molar-refractivity contribution in [3.63, 3.8) is 0 Å². The van der Waals surface area contributed by atoms with Crippen LogP contribution in [0.25, 0.3) is 0 Å². The molecule has 98 valence electrons. The Balaban J connectivity index is 1.98. The van der Waals surface area contributed by atoms with Crippen LogP contribution in [0.4, 0.5) is 0 Å². The van der Waals surface area contributed by atoms with Gasteiger partial charge in [-0.05, 0) is 13.8 Å². The molecule has 2 rings (SSSR count). The lowest BCUT2D eigenvalue weighted by Crippen LogP contribution is -2.16. The molecule has 5 nitrogen and oxygen atoms in total. The molecule has 0 aliphatic heterocycles. The molecule has 0 amide bonds. The first kappa shape index (κ1) is 13.1. The molecule has 2 heterocycles. The zero-order valence-electron chi connectivity index (χ0n) is 10.9. The molecule has 0 fully saturated rings. The lowest BCUT2D eigenvalue weighted by atomic mass is 10.3. The highest BCUT2D eigenvalue weighted by molar-refractivity contribution is 6.31. The minimum Gasteiger partial charge on any atom is -0.307 e. The van der Waals surface area contributed by atoms with Gasteiger partial charge in [-0.25, -0.2) is 0 Å². The van der Waals surface area contributed by atoms with E-state index in [9.17, 15) is 0 Å². The number of nitrogens with one attached hydrogen (secondary N) is 1. The lowest BCUT2D eigenvalue weighted by molar-refractivity contribution is 0.579. The van der Waals surface area contributed by atoms with Crippen molar-refractivity contribution in [2.24, 2.45) is 7.05 Å². The molecule has 2 aromatic heterocycles. The third-order valence-corrected chi connectivity index (χ3v) is 3.32. The Kier molecular flexibility index (Phi) is 4.04. The van der Waals surface area contributed by atoms with Crippen molar-refractivity contribution in [3.8, 4) is 0 Å². The van der Waals surface area contributed by atoms with Crippen molar-refractivity contribution in [1.29, 1.82) is 0 Å². The molecule has 6 heteroatoms. The summed E-state index contributed by atoms with van der Waals surface area (Å²) in [7, 11) is 1.91. The molecule has 0 bridgehead atoms. The van der Waals surface area contributed by atoms with Gasteiger partial charge < -0.3 is 5.32 Å². The van der Waals surface area contributed by atoms with Gasteiger partial charge in [-0.3, -0.25) is 9.36 Å². The minimum atomic E-state index is 0.711. The van der Waals surface area contributed by atoms with Crippen LogP contribution in [0.3, 0.4) is 0 Å². The Labute approximate surface area is 112 Å². The molecule has 0 atom stereocenters. The second-order valence-corrected chi connectivity index (χ2v) is 4.67. The van der Waals surface area contributed by atoms with Crippen LogP contribution in [0.1, 0.15) is 23.9 Å². The number of aromatic nitrogens is 4. The van der Waals surface area contributed by atoms with E-state index in [1.165, 1.54) is 0 Å². The van der Waals surface area contributed by atoms with Gasteiger partial charge in [-0.1, -0.05) is 11.6 Å². The van der Waals surface area contributed by atoms with Gasteiger partial charge >= 0.3 is 0 Å². The van der Waals surface area contributed by atoms with Gasteiger partial charge in [0, 0.05) is 38.4 Å². The Bertz CT molecular complexity index is 529.